The molecule has 1 atom stereocenters. The van der Waals surface area contributed by atoms with Gasteiger partial charge < -0.3 is 10.0 Å². The van der Waals surface area contributed by atoms with E-state index in [1.54, 1.807) is 18.2 Å². The number of carbonyl (C=O) groups excluding carboxylic acids is 2. The maximum absolute atomic E-state index is 14.2. The van der Waals surface area contributed by atoms with E-state index < -0.39 is 23.5 Å². The van der Waals surface area contributed by atoms with Crippen LogP contribution in [0.25, 0.3) is 5.76 Å². The second-order valence-corrected chi connectivity index (χ2v) is 5.87. The summed E-state index contributed by atoms with van der Waals surface area (Å²) in [6, 6.07) is 11.0. The number of benzene rings is 2. The number of hydrogen-bond acceptors (Lipinski definition) is 3. The van der Waals surface area contributed by atoms with Gasteiger partial charge in [-0.05, 0) is 30.3 Å². The molecule has 1 heterocycles. The van der Waals surface area contributed by atoms with E-state index in [9.17, 15) is 19.1 Å². The van der Waals surface area contributed by atoms with E-state index in [1.807, 2.05) is 0 Å². The fraction of sp³-hybridized carbons (Fsp3) is 0.111. The maximum Gasteiger partial charge on any atom is 0.295 e. The monoisotopic (exact) mass is 345 g/mol. The Labute approximate surface area is 142 Å². The van der Waals surface area contributed by atoms with E-state index in [-0.39, 0.29) is 16.9 Å². The smallest absolute Gasteiger partial charge is 0.295 e. The molecule has 0 spiro atoms. The topological polar surface area (TPSA) is 57.6 Å². The molecule has 2 aromatic carbocycles. The molecule has 1 aliphatic rings. The van der Waals surface area contributed by atoms with Crippen LogP contribution in [-0.4, -0.2) is 28.7 Å². The Kier molecular flexibility index (Phi) is 4.11. The maximum atomic E-state index is 14.2. The van der Waals surface area contributed by atoms with Crippen LogP contribution in [0.4, 0.5) is 4.39 Å². The highest BCUT2D eigenvalue weighted by molar-refractivity contribution is 6.46. The molecule has 6 heteroatoms. The second-order valence-electron chi connectivity index (χ2n) is 5.44. The van der Waals surface area contributed by atoms with Crippen molar-refractivity contribution in [2.75, 3.05) is 7.05 Å². The number of halogens is 2. The molecule has 122 valence electrons. The van der Waals surface area contributed by atoms with E-state index in [4.69, 9.17) is 11.6 Å². The van der Waals surface area contributed by atoms with Gasteiger partial charge in [0.2, 0.25) is 0 Å². The first-order valence-corrected chi connectivity index (χ1v) is 7.54. The largest absolute Gasteiger partial charge is 0.507 e. The molecule has 2 aromatic rings. The van der Waals surface area contributed by atoms with Crippen LogP contribution in [0.1, 0.15) is 17.2 Å². The summed E-state index contributed by atoms with van der Waals surface area (Å²) in [6.45, 7) is 0. The first kappa shape index (κ1) is 16.2. The molecule has 0 aliphatic carbocycles. The molecule has 1 saturated heterocycles. The second kappa shape index (κ2) is 6.09. The SMILES string of the molecule is CN1C(=O)C(=O)/C(=C(\O)c2ccc(Cl)cc2)[C@@H]1c1ccccc1F. The minimum absolute atomic E-state index is 0.144. The molecule has 4 nitrogen and oxygen atoms in total. The fourth-order valence-electron chi connectivity index (χ4n) is 2.77. The van der Waals surface area contributed by atoms with E-state index in [1.165, 1.54) is 37.4 Å². The van der Waals surface area contributed by atoms with Crippen molar-refractivity contribution in [3.8, 4) is 0 Å². The fourth-order valence-corrected chi connectivity index (χ4v) is 2.90. The molecular formula is C18H13ClFNO3. The number of hydrogen-bond donors (Lipinski definition) is 1. The van der Waals surface area contributed by atoms with E-state index in [0.717, 1.165) is 4.90 Å². The molecule has 0 radical (unpaired) electrons. The van der Waals surface area contributed by atoms with Gasteiger partial charge in [-0.15, -0.1) is 0 Å². The van der Waals surface area contributed by atoms with Crippen LogP contribution in [-0.2, 0) is 9.59 Å². The summed E-state index contributed by atoms with van der Waals surface area (Å²) < 4.78 is 14.2. The lowest BCUT2D eigenvalue weighted by Crippen LogP contribution is -2.25. The summed E-state index contributed by atoms with van der Waals surface area (Å²) in [7, 11) is 1.40. The van der Waals surface area contributed by atoms with Gasteiger partial charge >= 0.3 is 0 Å². The lowest BCUT2D eigenvalue weighted by Gasteiger charge is -2.21. The summed E-state index contributed by atoms with van der Waals surface area (Å²) in [6.07, 6.45) is 0. The number of aliphatic hydroxyl groups excluding tert-OH is 1. The average Bonchev–Trinajstić information content (AvgIpc) is 2.79. The summed E-state index contributed by atoms with van der Waals surface area (Å²) in [5, 5.41) is 11.0. The Balaban J connectivity index is 2.20. The van der Waals surface area contributed by atoms with Crippen molar-refractivity contribution >= 4 is 29.1 Å². The van der Waals surface area contributed by atoms with Crippen molar-refractivity contribution in [3.05, 3.63) is 76.1 Å². The van der Waals surface area contributed by atoms with Crippen molar-refractivity contribution in [1.82, 2.24) is 4.90 Å². The Hall–Kier alpha value is -2.66. The van der Waals surface area contributed by atoms with Gasteiger partial charge in [-0.25, -0.2) is 4.39 Å². The van der Waals surface area contributed by atoms with Crippen molar-refractivity contribution < 1.29 is 19.1 Å². The summed E-state index contributed by atoms with van der Waals surface area (Å²) in [5.74, 6) is -2.56. The van der Waals surface area contributed by atoms with Gasteiger partial charge in [-0.3, -0.25) is 9.59 Å². The molecule has 0 aromatic heterocycles. The minimum atomic E-state index is -0.984. The molecule has 1 aliphatic heterocycles. The van der Waals surface area contributed by atoms with Gasteiger partial charge in [0.15, 0.2) is 0 Å². The van der Waals surface area contributed by atoms with Crippen molar-refractivity contribution in [2.24, 2.45) is 0 Å². The lowest BCUT2D eigenvalue weighted by atomic mass is 9.95. The number of ketones is 1. The highest BCUT2D eigenvalue weighted by atomic mass is 35.5. The number of aliphatic hydroxyl groups is 1. The minimum Gasteiger partial charge on any atom is -0.507 e. The quantitative estimate of drug-likeness (QED) is 0.514. The number of Topliss-reactive ketones (excluding diaryl/α,β-unsaturated/α-hetero) is 1. The van der Waals surface area contributed by atoms with Crippen molar-refractivity contribution in [1.29, 1.82) is 0 Å². The van der Waals surface area contributed by atoms with Crippen LogP contribution < -0.4 is 0 Å². The van der Waals surface area contributed by atoms with Crippen LogP contribution >= 0.6 is 11.6 Å². The van der Waals surface area contributed by atoms with E-state index in [2.05, 4.69) is 0 Å². The molecule has 1 amide bonds. The first-order valence-electron chi connectivity index (χ1n) is 7.16. The van der Waals surface area contributed by atoms with Gasteiger partial charge in [0, 0.05) is 23.2 Å². The molecule has 3 rings (SSSR count). The van der Waals surface area contributed by atoms with Crippen LogP contribution in [0.2, 0.25) is 5.02 Å². The number of nitrogens with zero attached hydrogens (tertiary/aromatic N) is 1. The highest BCUT2D eigenvalue weighted by Gasteiger charge is 2.45. The van der Waals surface area contributed by atoms with Gasteiger partial charge in [0.05, 0.1) is 11.6 Å². The zero-order chi connectivity index (χ0) is 17.4. The summed E-state index contributed by atoms with van der Waals surface area (Å²) in [4.78, 5) is 25.6. The molecule has 0 unspecified atom stereocenters. The molecular weight excluding hydrogens is 333 g/mol. The lowest BCUT2D eigenvalue weighted by molar-refractivity contribution is -0.139. The van der Waals surface area contributed by atoms with E-state index >= 15 is 0 Å². The third-order valence-electron chi connectivity index (χ3n) is 3.99. The first-order chi connectivity index (χ1) is 11.4. The molecule has 0 bridgehead atoms. The summed E-state index contributed by atoms with van der Waals surface area (Å²) in [5.41, 5.74) is 0.330. The van der Waals surface area contributed by atoms with Crippen LogP contribution in [0.5, 0.6) is 0 Å². The van der Waals surface area contributed by atoms with Crippen molar-refractivity contribution in [2.45, 2.75) is 6.04 Å². The van der Waals surface area contributed by atoms with Gasteiger partial charge in [0.25, 0.3) is 11.7 Å². The van der Waals surface area contributed by atoms with Crippen molar-refractivity contribution in [3.63, 3.8) is 0 Å². The molecule has 1 fully saturated rings. The summed E-state index contributed by atoms with van der Waals surface area (Å²) >= 11 is 5.82. The molecule has 0 saturated carbocycles. The Morgan fingerprint density at radius 1 is 1.12 bits per heavy atom. The highest BCUT2D eigenvalue weighted by Crippen LogP contribution is 2.39. The number of amides is 1. The van der Waals surface area contributed by atoms with Gasteiger partial charge in [0.1, 0.15) is 11.6 Å². The number of rotatable bonds is 2. The third-order valence-corrected chi connectivity index (χ3v) is 4.24. The Morgan fingerprint density at radius 3 is 2.38 bits per heavy atom. The molecule has 1 N–H and O–H groups in total. The average molecular weight is 346 g/mol. The number of likely N-dealkylation sites (tertiary alicyclic amines) is 1. The zero-order valence-corrected chi connectivity index (χ0v) is 13.4. The Bertz CT molecular complexity index is 861. The van der Waals surface area contributed by atoms with Crippen LogP contribution in [0.3, 0.4) is 0 Å². The van der Waals surface area contributed by atoms with Gasteiger partial charge in [-0.1, -0.05) is 29.8 Å². The Morgan fingerprint density at radius 2 is 1.75 bits per heavy atom. The standard InChI is InChI=1S/C18H13ClFNO3/c1-21-15(12-4-2-3-5-13(12)20)14(17(23)18(21)24)16(22)10-6-8-11(19)9-7-10/h2-9,15,22H,1H3/b16-14-/t15-/m0/s1. The third kappa shape index (κ3) is 2.57. The van der Waals surface area contributed by atoms with Crippen LogP contribution in [0.15, 0.2) is 54.1 Å². The van der Waals surface area contributed by atoms with Gasteiger partial charge in [-0.2, -0.15) is 0 Å². The number of carbonyl (C=O) groups is 2. The molecule has 24 heavy (non-hydrogen) atoms. The predicted octanol–water partition coefficient (Wildman–Crippen LogP) is 3.53. The number of likely N-dealkylation sites (N-methyl/N-ethyl adjacent to an activating group) is 1. The zero-order valence-electron chi connectivity index (χ0n) is 12.7. The van der Waals surface area contributed by atoms with E-state index in [0.29, 0.717) is 10.6 Å². The van der Waals surface area contributed by atoms with Crippen LogP contribution in [0, 0.1) is 5.82 Å². The predicted molar refractivity (Wildman–Crippen MR) is 87.9 cm³/mol. The normalized spacial score (nSPS) is 19.8.